The van der Waals surface area contributed by atoms with E-state index in [4.69, 9.17) is 33.0 Å². The van der Waals surface area contributed by atoms with Gasteiger partial charge in [-0.2, -0.15) is 0 Å². The van der Waals surface area contributed by atoms with E-state index < -0.39 is 0 Å². The first kappa shape index (κ1) is 13.9. The molecule has 21 heavy (non-hydrogen) atoms. The summed E-state index contributed by atoms with van der Waals surface area (Å²) in [4.78, 5) is 0.254. The van der Waals surface area contributed by atoms with Gasteiger partial charge in [0.15, 0.2) is 0 Å². The Labute approximate surface area is 131 Å². The van der Waals surface area contributed by atoms with Gasteiger partial charge in [-0.25, -0.2) is 5.10 Å². The third kappa shape index (κ3) is 3.32. The Morgan fingerprint density at radius 2 is 1.90 bits per heavy atom. The molecule has 1 heterocycles. The molecule has 0 fully saturated rings. The van der Waals surface area contributed by atoms with Gasteiger partial charge in [-0.05, 0) is 42.5 Å². The second-order valence-electron chi connectivity index (χ2n) is 4.32. The fourth-order valence-electron chi connectivity index (χ4n) is 1.82. The van der Waals surface area contributed by atoms with Gasteiger partial charge in [0.05, 0.1) is 0 Å². The summed E-state index contributed by atoms with van der Waals surface area (Å²) in [7, 11) is 0. The number of nitrogens with zero attached hydrogens (tertiary/aromatic N) is 1. The quantitative estimate of drug-likeness (QED) is 0.712. The molecule has 2 aromatic carbocycles. The van der Waals surface area contributed by atoms with Crippen LogP contribution in [0.5, 0.6) is 5.75 Å². The lowest BCUT2D eigenvalue weighted by Gasteiger charge is -2.07. The molecule has 0 saturated heterocycles. The molecule has 1 aromatic heterocycles. The summed E-state index contributed by atoms with van der Waals surface area (Å²) in [5.41, 5.74) is 1.77. The van der Waals surface area contributed by atoms with Crippen molar-refractivity contribution in [2.75, 3.05) is 0 Å². The Kier molecular flexibility index (Phi) is 4.03. The van der Waals surface area contributed by atoms with Crippen LogP contribution in [0.25, 0.3) is 11.5 Å². The van der Waals surface area contributed by atoms with E-state index in [2.05, 4.69) is 10.2 Å². The van der Waals surface area contributed by atoms with Gasteiger partial charge < -0.3 is 9.15 Å². The monoisotopic (exact) mass is 318 g/mol. The molecule has 106 valence electrons. The van der Waals surface area contributed by atoms with E-state index >= 15 is 0 Å². The molecule has 3 aromatic rings. The topological polar surface area (TPSA) is 51.0 Å². The van der Waals surface area contributed by atoms with Gasteiger partial charge in [0.25, 0.3) is 4.84 Å². The molecule has 0 aliphatic carbocycles. The van der Waals surface area contributed by atoms with Crippen LogP contribution in [0.4, 0.5) is 0 Å². The lowest BCUT2D eigenvalue weighted by atomic mass is 10.2. The summed E-state index contributed by atoms with van der Waals surface area (Å²) < 4.78 is 10.9. The SMILES string of the molecule is S=c1[nH]nc(-c2ccc(OCc3ccccc3Cl)cc2)o1. The van der Waals surface area contributed by atoms with Crippen LogP contribution in [0.1, 0.15) is 5.56 Å². The molecule has 0 bridgehead atoms. The molecule has 1 N–H and O–H groups in total. The molecule has 0 aliphatic rings. The predicted octanol–water partition coefficient (Wildman–Crippen LogP) is 4.63. The average molecular weight is 319 g/mol. The van der Waals surface area contributed by atoms with Crippen LogP contribution in [0.15, 0.2) is 52.9 Å². The van der Waals surface area contributed by atoms with Crippen LogP contribution in [-0.2, 0) is 6.61 Å². The highest BCUT2D eigenvalue weighted by molar-refractivity contribution is 7.71. The number of aromatic nitrogens is 2. The van der Waals surface area contributed by atoms with E-state index in [9.17, 15) is 0 Å². The molecule has 3 rings (SSSR count). The zero-order valence-corrected chi connectivity index (χ0v) is 12.4. The van der Waals surface area contributed by atoms with E-state index in [0.29, 0.717) is 17.5 Å². The van der Waals surface area contributed by atoms with Gasteiger partial charge in [-0.15, -0.1) is 5.10 Å². The minimum Gasteiger partial charge on any atom is -0.489 e. The van der Waals surface area contributed by atoms with E-state index in [1.807, 2.05) is 48.5 Å². The second kappa shape index (κ2) is 6.11. The van der Waals surface area contributed by atoms with Crippen molar-refractivity contribution in [3.8, 4) is 17.2 Å². The van der Waals surface area contributed by atoms with Crippen molar-refractivity contribution in [2.45, 2.75) is 6.61 Å². The molecule has 0 aliphatic heterocycles. The minimum atomic E-state index is 0.254. The summed E-state index contributed by atoms with van der Waals surface area (Å²) in [6.07, 6.45) is 0. The van der Waals surface area contributed by atoms with E-state index in [1.165, 1.54) is 0 Å². The summed E-state index contributed by atoms with van der Waals surface area (Å²) in [5.74, 6) is 1.20. The number of halogens is 1. The predicted molar refractivity (Wildman–Crippen MR) is 82.9 cm³/mol. The first-order valence-corrected chi connectivity index (χ1v) is 7.03. The summed E-state index contributed by atoms with van der Waals surface area (Å²) in [6, 6.07) is 15.0. The Hall–Kier alpha value is -2.11. The Balaban J connectivity index is 1.70. The van der Waals surface area contributed by atoms with Gasteiger partial charge in [-0.1, -0.05) is 29.8 Å². The Morgan fingerprint density at radius 3 is 2.57 bits per heavy atom. The number of hydrogen-bond acceptors (Lipinski definition) is 4. The number of rotatable bonds is 4. The second-order valence-corrected chi connectivity index (χ2v) is 5.10. The van der Waals surface area contributed by atoms with Gasteiger partial charge >= 0.3 is 0 Å². The van der Waals surface area contributed by atoms with Gasteiger partial charge in [0, 0.05) is 16.1 Å². The normalized spacial score (nSPS) is 10.5. The molecular formula is C15H11ClN2O2S. The minimum absolute atomic E-state index is 0.254. The molecule has 0 amide bonds. The molecule has 0 spiro atoms. The van der Waals surface area contributed by atoms with Crippen molar-refractivity contribution in [2.24, 2.45) is 0 Å². The molecule has 0 radical (unpaired) electrons. The van der Waals surface area contributed by atoms with Crippen LogP contribution >= 0.6 is 23.8 Å². The Morgan fingerprint density at radius 1 is 1.14 bits per heavy atom. The lowest BCUT2D eigenvalue weighted by Crippen LogP contribution is -1.95. The van der Waals surface area contributed by atoms with E-state index in [0.717, 1.165) is 16.9 Å². The third-order valence-corrected chi connectivity index (χ3v) is 3.43. The molecule has 6 heteroatoms. The summed E-state index contributed by atoms with van der Waals surface area (Å²) in [5, 5.41) is 7.25. The van der Waals surface area contributed by atoms with Crippen molar-refractivity contribution in [1.82, 2.24) is 10.2 Å². The van der Waals surface area contributed by atoms with Crippen LogP contribution in [0.2, 0.25) is 5.02 Å². The summed E-state index contributed by atoms with van der Waals surface area (Å²) >= 11 is 10.9. The summed E-state index contributed by atoms with van der Waals surface area (Å²) in [6.45, 7) is 0.419. The first-order chi connectivity index (χ1) is 10.2. The van der Waals surface area contributed by atoms with Crippen LogP contribution in [-0.4, -0.2) is 10.2 Å². The number of aromatic amines is 1. The standard InChI is InChI=1S/C15H11ClN2O2S/c16-13-4-2-1-3-11(13)9-19-12-7-5-10(6-8-12)14-17-18-15(21)20-14/h1-8H,9H2,(H,18,21). The van der Waals surface area contributed by atoms with Crippen molar-refractivity contribution in [1.29, 1.82) is 0 Å². The van der Waals surface area contributed by atoms with Crippen LogP contribution < -0.4 is 4.74 Å². The van der Waals surface area contributed by atoms with Crippen LogP contribution in [0.3, 0.4) is 0 Å². The van der Waals surface area contributed by atoms with Crippen LogP contribution in [0, 0.1) is 4.84 Å². The fourth-order valence-corrected chi connectivity index (χ4v) is 2.14. The molecule has 4 nitrogen and oxygen atoms in total. The highest BCUT2D eigenvalue weighted by Crippen LogP contribution is 2.22. The van der Waals surface area contributed by atoms with E-state index in [1.54, 1.807) is 0 Å². The van der Waals surface area contributed by atoms with Crippen molar-refractivity contribution in [3.05, 3.63) is 64.0 Å². The van der Waals surface area contributed by atoms with Gasteiger partial charge in [0.2, 0.25) is 5.89 Å². The fraction of sp³-hybridized carbons (Fsp3) is 0.0667. The lowest BCUT2D eigenvalue weighted by molar-refractivity contribution is 0.306. The number of benzene rings is 2. The number of H-pyrrole nitrogens is 1. The van der Waals surface area contributed by atoms with Gasteiger partial charge in [-0.3, -0.25) is 0 Å². The first-order valence-electron chi connectivity index (χ1n) is 6.24. The highest BCUT2D eigenvalue weighted by atomic mass is 35.5. The van der Waals surface area contributed by atoms with Crippen molar-refractivity contribution >= 4 is 23.8 Å². The van der Waals surface area contributed by atoms with Crippen molar-refractivity contribution in [3.63, 3.8) is 0 Å². The third-order valence-electron chi connectivity index (χ3n) is 2.89. The zero-order chi connectivity index (χ0) is 14.7. The maximum Gasteiger partial charge on any atom is 0.284 e. The number of nitrogens with one attached hydrogen (secondary N) is 1. The maximum absolute atomic E-state index is 6.08. The number of hydrogen-bond donors (Lipinski definition) is 1. The molecular weight excluding hydrogens is 308 g/mol. The zero-order valence-electron chi connectivity index (χ0n) is 10.9. The smallest absolute Gasteiger partial charge is 0.284 e. The molecule has 0 atom stereocenters. The molecule has 0 unspecified atom stereocenters. The van der Waals surface area contributed by atoms with Crippen molar-refractivity contribution < 1.29 is 9.15 Å². The maximum atomic E-state index is 6.08. The Bertz CT molecular complexity index is 796. The average Bonchev–Trinajstić information content (AvgIpc) is 2.94. The van der Waals surface area contributed by atoms with E-state index in [-0.39, 0.29) is 4.84 Å². The number of ether oxygens (including phenoxy) is 1. The van der Waals surface area contributed by atoms with Gasteiger partial charge in [0.1, 0.15) is 12.4 Å². The largest absolute Gasteiger partial charge is 0.489 e. The highest BCUT2D eigenvalue weighted by Gasteiger charge is 2.05. The molecule has 0 saturated carbocycles.